The van der Waals surface area contributed by atoms with Crippen LogP contribution < -0.4 is 5.69 Å². The van der Waals surface area contributed by atoms with Crippen LogP contribution >= 0.6 is 0 Å². The summed E-state index contributed by atoms with van der Waals surface area (Å²) in [5.41, 5.74) is 4.96. The van der Waals surface area contributed by atoms with Gasteiger partial charge in [0.15, 0.2) is 5.88 Å². The lowest BCUT2D eigenvalue weighted by Gasteiger charge is -2.09. The number of hydrogen-bond acceptors (Lipinski definition) is 4. The highest BCUT2D eigenvalue weighted by Gasteiger charge is 2.19. The fourth-order valence-electron chi connectivity index (χ4n) is 3.81. The maximum atomic E-state index is 12.5. The third-order valence-corrected chi connectivity index (χ3v) is 5.39. The zero-order valence-electron chi connectivity index (χ0n) is 17.6. The van der Waals surface area contributed by atoms with Gasteiger partial charge in [-0.15, -0.1) is 0 Å². The summed E-state index contributed by atoms with van der Waals surface area (Å²) in [6, 6.07) is 19.0. The van der Waals surface area contributed by atoms with Crippen LogP contribution in [0.3, 0.4) is 0 Å². The first-order valence-corrected chi connectivity index (χ1v) is 10.2. The van der Waals surface area contributed by atoms with Crippen molar-refractivity contribution in [1.82, 2.24) is 19.1 Å². The summed E-state index contributed by atoms with van der Waals surface area (Å²) >= 11 is 0. The molecular weight excluding hydrogens is 402 g/mol. The van der Waals surface area contributed by atoms with Gasteiger partial charge in [0.05, 0.1) is 22.6 Å². The number of fused-ring (bicyclic) bond motifs is 1. The lowest BCUT2D eigenvalue weighted by Crippen LogP contribution is -2.20. The number of aromatic amines is 1. The van der Waals surface area contributed by atoms with Crippen molar-refractivity contribution in [3.8, 4) is 11.6 Å². The zero-order valence-corrected chi connectivity index (χ0v) is 17.6. The Morgan fingerprint density at radius 1 is 1.06 bits per heavy atom. The number of benzene rings is 2. The van der Waals surface area contributed by atoms with Gasteiger partial charge in [-0.2, -0.15) is 0 Å². The highest BCUT2D eigenvalue weighted by Crippen LogP contribution is 2.32. The molecule has 0 spiro atoms. The number of aryl methyl sites for hydroxylation is 2. The van der Waals surface area contributed by atoms with Crippen molar-refractivity contribution in [1.29, 1.82) is 0 Å². The molecule has 0 amide bonds. The van der Waals surface area contributed by atoms with Crippen molar-refractivity contribution in [2.45, 2.75) is 6.92 Å². The quantitative estimate of drug-likeness (QED) is 0.424. The number of H-pyrrole nitrogens is 1. The first kappa shape index (κ1) is 19.6. The van der Waals surface area contributed by atoms with E-state index in [4.69, 9.17) is 4.99 Å². The summed E-state index contributed by atoms with van der Waals surface area (Å²) in [6.45, 7) is 1.91. The molecule has 0 aliphatic carbocycles. The molecule has 0 saturated heterocycles. The Labute approximate surface area is 184 Å². The van der Waals surface area contributed by atoms with Crippen LogP contribution in [-0.4, -0.2) is 29.9 Å². The van der Waals surface area contributed by atoms with Gasteiger partial charge in [-0.05, 0) is 37.3 Å². The maximum absolute atomic E-state index is 12.5. The molecule has 0 aliphatic rings. The number of imidazole rings is 1. The number of hydrogen-bond donors (Lipinski definition) is 2. The summed E-state index contributed by atoms with van der Waals surface area (Å²) < 4.78 is 3.08. The highest BCUT2D eigenvalue weighted by atomic mass is 16.3. The molecular formula is C25H21N5O2. The van der Waals surface area contributed by atoms with E-state index < -0.39 is 0 Å². The minimum Gasteiger partial charge on any atom is -0.494 e. The number of pyridine rings is 1. The molecule has 0 bridgehead atoms. The van der Waals surface area contributed by atoms with Crippen molar-refractivity contribution in [3.05, 3.63) is 107 Å². The number of nitrogens with one attached hydrogen (secondary N) is 1. The maximum Gasteiger partial charge on any atom is 0.332 e. The molecule has 5 aromatic rings. The number of aromatic hydroxyl groups is 1. The Morgan fingerprint density at radius 3 is 2.59 bits per heavy atom. The fourth-order valence-corrected chi connectivity index (χ4v) is 3.81. The molecule has 0 radical (unpaired) electrons. The fraction of sp³-hybridized carbons (Fsp3) is 0.0800. The second-order valence-corrected chi connectivity index (χ2v) is 7.62. The Kier molecular flexibility index (Phi) is 4.71. The van der Waals surface area contributed by atoms with Gasteiger partial charge in [-0.3, -0.25) is 9.55 Å². The van der Waals surface area contributed by atoms with Crippen molar-refractivity contribution in [2.75, 3.05) is 0 Å². The molecule has 0 unspecified atom stereocenters. The third kappa shape index (κ3) is 3.39. The third-order valence-electron chi connectivity index (χ3n) is 5.39. The molecule has 0 fully saturated rings. The molecule has 0 atom stereocenters. The molecule has 3 aromatic heterocycles. The van der Waals surface area contributed by atoms with E-state index in [0.29, 0.717) is 17.0 Å². The molecule has 2 N–H and O–H groups in total. The molecule has 32 heavy (non-hydrogen) atoms. The Hall–Kier alpha value is -4.39. The zero-order chi connectivity index (χ0) is 22.2. The second-order valence-electron chi connectivity index (χ2n) is 7.62. The Morgan fingerprint density at radius 2 is 1.88 bits per heavy atom. The number of rotatable bonds is 4. The van der Waals surface area contributed by atoms with Crippen LogP contribution in [0.1, 0.15) is 16.8 Å². The van der Waals surface area contributed by atoms with E-state index in [9.17, 15) is 9.90 Å². The summed E-state index contributed by atoms with van der Waals surface area (Å²) in [4.78, 5) is 24.6. The Bertz CT molecular complexity index is 1520. The van der Waals surface area contributed by atoms with Crippen LogP contribution in [0.25, 0.3) is 16.6 Å². The molecule has 158 valence electrons. The van der Waals surface area contributed by atoms with Gasteiger partial charge in [0, 0.05) is 47.8 Å². The van der Waals surface area contributed by atoms with Gasteiger partial charge in [0.2, 0.25) is 0 Å². The van der Waals surface area contributed by atoms with E-state index in [0.717, 1.165) is 27.8 Å². The minimum absolute atomic E-state index is 0.0194. The van der Waals surface area contributed by atoms with E-state index in [1.165, 1.54) is 4.57 Å². The van der Waals surface area contributed by atoms with Crippen LogP contribution in [0.15, 0.2) is 89.0 Å². The van der Waals surface area contributed by atoms with E-state index in [1.54, 1.807) is 30.2 Å². The lowest BCUT2D eigenvalue weighted by atomic mass is 10.0. The van der Waals surface area contributed by atoms with Crippen LogP contribution in [0.2, 0.25) is 0 Å². The van der Waals surface area contributed by atoms with Gasteiger partial charge in [-0.1, -0.05) is 30.3 Å². The minimum atomic E-state index is -0.144. The lowest BCUT2D eigenvalue weighted by molar-refractivity contribution is 0.457. The monoisotopic (exact) mass is 423 g/mol. The first-order valence-electron chi connectivity index (χ1n) is 10.2. The average molecular weight is 423 g/mol. The SMILES string of the molecule is Cc1cc(N=C(c2ccccc2)c2c(O)[nH]c3ccc(-n4ccn(C)c4=O)cc23)ccn1. The van der Waals surface area contributed by atoms with E-state index >= 15 is 0 Å². The normalized spacial score (nSPS) is 11.9. The standard InChI is InChI=1S/C25H21N5O2/c1-16-14-18(10-11-26-16)27-23(17-6-4-3-5-7-17)22-20-15-19(8-9-21(20)28-24(22)31)30-13-12-29(2)25(30)32/h3-15,28,31H,1-2H3. The molecule has 3 heterocycles. The van der Waals surface area contributed by atoms with Crippen LogP contribution in [0, 0.1) is 6.92 Å². The van der Waals surface area contributed by atoms with Crippen molar-refractivity contribution in [2.24, 2.45) is 12.0 Å². The van der Waals surface area contributed by atoms with E-state index in [-0.39, 0.29) is 11.6 Å². The number of aliphatic imine (C=N–C) groups is 1. The highest BCUT2D eigenvalue weighted by molar-refractivity contribution is 6.22. The van der Waals surface area contributed by atoms with Gasteiger partial charge in [0.25, 0.3) is 0 Å². The second kappa shape index (κ2) is 7.70. The molecule has 2 aromatic carbocycles. The predicted molar refractivity (Wildman–Crippen MR) is 125 cm³/mol. The van der Waals surface area contributed by atoms with E-state index in [1.807, 2.05) is 67.6 Å². The summed E-state index contributed by atoms with van der Waals surface area (Å²) in [7, 11) is 1.71. The van der Waals surface area contributed by atoms with Crippen LogP contribution in [-0.2, 0) is 7.05 Å². The molecule has 7 heteroatoms. The largest absolute Gasteiger partial charge is 0.494 e. The smallest absolute Gasteiger partial charge is 0.332 e. The molecule has 7 nitrogen and oxygen atoms in total. The molecule has 0 aliphatic heterocycles. The van der Waals surface area contributed by atoms with Gasteiger partial charge < -0.3 is 14.7 Å². The van der Waals surface area contributed by atoms with Gasteiger partial charge >= 0.3 is 5.69 Å². The average Bonchev–Trinajstić information content (AvgIpc) is 3.30. The number of nitrogens with zero attached hydrogens (tertiary/aromatic N) is 4. The van der Waals surface area contributed by atoms with Crippen molar-refractivity contribution >= 4 is 22.3 Å². The topological polar surface area (TPSA) is 88.2 Å². The number of aromatic nitrogens is 4. The first-order chi connectivity index (χ1) is 15.5. The summed E-state index contributed by atoms with van der Waals surface area (Å²) in [5, 5.41) is 11.7. The van der Waals surface area contributed by atoms with Gasteiger partial charge in [0.1, 0.15) is 0 Å². The Balaban J connectivity index is 1.77. The van der Waals surface area contributed by atoms with Crippen molar-refractivity contribution < 1.29 is 5.11 Å². The van der Waals surface area contributed by atoms with E-state index in [2.05, 4.69) is 9.97 Å². The summed E-state index contributed by atoms with van der Waals surface area (Å²) in [5.74, 6) is 0.0194. The van der Waals surface area contributed by atoms with Crippen molar-refractivity contribution in [3.63, 3.8) is 0 Å². The van der Waals surface area contributed by atoms with Gasteiger partial charge in [-0.25, -0.2) is 9.79 Å². The molecule has 5 rings (SSSR count). The summed E-state index contributed by atoms with van der Waals surface area (Å²) in [6.07, 6.45) is 5.15. The predicted octanol–water partition coefficient (Wildman–Crippen LogP) is 4.24. The molecule has 0 saturated carbocycles. The van der Waals surface area contributed by atoms with Crippen LogP contribution in [0.4, 0.5) is 5.69 Å². The van der Waals surface area contributed by atoms with Crippen LogP contribution in [0.5, 0.6) is 5.88 Å².